The minimum Gasteiger partial charge on any atom is -0.543 e. The second-order valence-corrected chi connectivity index (χ2v) is 11.6. The summed E-state index contributed by atoms with van der Waals surface area (Å²) in [6.07, 6.45) is 3.47. The average molecular weight is 784 g/mol. The third-order valence-electron chi connectivity index (χ3n) is 8.34. The van der Waals surface area contributed by atoms with Crippen LogP contribution in [0.2, 0.25) is 0 Å². The maximum absolute atomic E-state index is 12.0. The molecule has 10 nitrogen and oxygen atoms in total. The summed E-state index contributed by atoms with van der Waals surface area (Å²) in [5, 5.41) is 47.2. The van der Waals surface area contributed by atoms with E-state index in [4.69, 9.17) is 4.98 Å². The molecule has 0 amide bonds. The molecule has 4 aromatic heterocycles. The zero-order valence-corrected chi connectivity index (χ0v) is 29.3. The van der Waals surface area contributed by atoms with Crippen LogP contribution < -0.4 is 10.2 Å². The number of phenols is 2. The predicted molar refractivity (Wildman–Crippen MR) is 193 cm³/mol. The second-order valence-electron chi connectivity index (χ2n) is 11.6. The van der Waals surface area contributed by atoms with E-state index >= 15 is 0 Å². The van der Waals surface area contributed by atoms with Crippen LogP contribution in [0, 0.1) is 0 Å². The number of carbonyl (C=O) groups excluding carboxylic acids is 2. The second kappa shape index (κ2) is 15.6. The molecule has 0 saturated carbocycles. The standard InChI is InChI=1S/C35H23N3O2.C7H5NO4.Ru/c39-32-16-15-22-9-1-3-11-25(22)33(32)34-26-12-4-2-10-23(26)19-27(35(34)40)24-20-30(28-13-5-7-17-36-28)38-31(21-24)29-14-6-8-18-37-29;9-6(10)4-2-1-3-5(8-4)7(11)12;/h1-21,39-40H;1-3H,(H,9,10)(H,11,12);/q;;+2/p-2. The molecule has 4 heterocycles. The molecule has 0 radical (unpaired) electrons. The first-order valence-corrected chi connectivity index (χ1v) is 16.0. The molecule has 4 aromatic carbocycles. The Morgan fingerprint density at radius 3 is 1.58 bits per heavy atom. The SMILES string of the molecule is O=C([O-])c1cccc(C(=O)[O-])n1.Oc1ccc2ccccc2c1-c1c(O)c(-c2cc(-c3ccccn3)nc(-c3ccccn3)c2)cc2ccccc12.[Ru+2]. The zero-order valence-electron chi connectivity index (χ0n) is 27.5. The van der Waals surface area contributed by atoms with Gasteiger partial charge in [0, 0.05) is 29.1 Å². The number of carbonyl (C=O) groups is 2. The van der Waals surface area contributed by atoms with E-state index in [1.54, 1.807) is 18.5 Å². The van der Waals surface area contributed by atoms with Gasteiger partial charge >= 0.3 is 19.5 Å². The van der Waals surface area contributed by atoms with E-state index < -0.39 is 23.3 Å². The van der Waals surface area contributed by atoms with Gasteiger partial charge in [0.2, 0.25) is 0 Å². The third kappa shape index (κ3) is 7.47. The van der Waals surface area contributed by atoms with Gasteiger partial charge in [-0.1, -0.05) is 72.8 Å². The van der Waals surface area contributed by atoms with Crippen molar-refractivity contribution in [3.8, 4) is 56.5 Å². The van der Waals surface area contributed by atoms with Crippen LogP contribution in [0.25, 0.3) is 66.6 Å². The Balaban J connectivity index is 0.000000317. The number of hydrogen-bond donors (Lipinski definition) is 2. The molecule has 0 aliphatic carbocycles. The quantitative estimate of drug-likeness (QED) is 0.189. The molecule has 53 heavy (non-hydrogen) atoms. The number of aromatic carboxylic acids is 2. The van der Waals surface area contributed by atoms with Crippen molar-refractivity contribution in [1.82, 2.24) is 19.9 Å². The molecule has 0 aliphatic heterocycles. The molecule has 0 aliphatic rings. The Bertz CT molecular complexity index is 2530. The number of fused-ring (bicyclic) bond motifs is 2. The van der Waals surface area contributed by atoms with Gasteiger partial charge in [-0.2, -0.15) is 0 Å². The van der Waals surface area contributed by atoms with Gasteiger partial charge in [0.05, 0.1) is 46.1 Å². The van der Waals surface area contributed by atoms with E-state index in [1.165, 1.54) is 6.07 Å². The molecule has 0 unspecified atom stereocenters. The van der Waals surface area contributed by atoms with Gasteiger partial charge in [0.25, 0.3) is 0 Å². The summed E-state index contributed by atoms with van der Waals surface area (Å²) in [6.45, 7) is 0. The summed E-state index contributed by atoms with van der Waals surface area (Å²) in [5.74, 6) is -2.85. The van der Waals surface area contributed by atoms with Gasteiger partial charge in [-0.05, 0) is 87.8 Å². The monoisotopic (exact) mass is 784 g/mol. The summed E-state index contributed by atoms with van der Waals surface area (Å²) in [5.41, 5.74) is 4.49. The average Bonchev–Trinajstić information content (AvgIpc) is 3.19. The van der Waals surface area contributed by atoms with E-state index in [2.05, 4.69) is 15.0 Å². The molecule has 0 spiro atoms. The van der Waals surface area contributed by atoms with Crippen molar-refractivity contribution in [2.75, 3.05) is 0 Å². The molecule has 258 valence electrons. The Labute approximate surface area is 315 Å². The number of nitrogens with zero attached hydrogens (tertiary/aromatic N) is 4. The van der Waals surface area contributed by atoms with E-state index in [0.29, 0.717) is 39.5 Å². The van der Waals surface area contributed by atoms with Gasteiger partial charge in [0.15, 0.2) is 0 Å². The van der Waals surface area contributed by atoms with Crippen LogP contribution in [0.5, 0.6) is 11.5 Å². The normalized spacial score (nSPS) is 10.6. The van der Waals surface area contributed by atoms with Crippen molar-refractivity contribution < 1.29 is 49.5 Å². The minimum atomic E-state index is -1.52. The molecule has 11 heteroatoms. The van der Waals surface area contributed by atoms with Crippen LogP contribution >= 0.6 is 0 Å². The van der Waals surface area contributed by atoms with Gasteiger partial charge < -0.3 is 30.0 Å². The largest absolute Gasteiger partial charge is 2.00 e. The topological polar surface area (TPSA) is 172 Å². The van der Waals surface area contributed by atoms with Gasteiger partial charge in [-0.3, -0.25) is 9.97 Å². The molecule has 0 saturated heterocycles. The molecule has 0 bridgehead atoms. The summed E-state index contributed by atoms with van der Waals surface area (Å²) >= 11 is 0. The van der Waals surface area contributed by atoms with E-state index in [0.717, 1.165) is 39.2 Å². The van der Waals surface area contributed by atoms with Crippen molar-refractivity contribution >= 4 is 33.5 Å². The van der Waals surface area contributed by atoms with Gasteiger partial charge in [-0.15, -0.1) is 0 Å². The van der Waals surface area contributed by atoms with Crippen molar-refractivity contribution in [2.45, 2.75) is 0 Å². The molecular weight excluding hydrogens is 758 g/mol. The molecule has 2 N–H and O–H groups in total. The van der Waals surface area contributed by atoms with Crippen molar-refractivity contribution in [1.29, 1.82) is 0 Å². The summed E-state index contributed by atoms with van der Waals surface area (Å²) < 4.78 is 0. The van der Waals surface area contributed by atoms with Gasteiger partial charge in [-0.25, -0.2) is 9.97 Å². The number of benzene rings is 4. The Morgan fingerprint density at radius 2 is 1.04 bits per heavy atom. The number of hydrogen-bond acceptors (Lipinski definition) is 10. The van der Waals surface area contributed by atoms with Crippen LogP contribution in [-0.4, -0.2) is 42.1 Å². The molecule has 0 atom stereocenters. The Morgan fingerprint density at radius 1 is 0.509 bits per heavy atom. The molecular formula is C42H26N4O6Ru. The van der Waals surface area contributed by atoms with Crippen LogP contribution in [0.15, 0.2) is 146 Å². The zero-order chi connectivity index (χ0) is 36.2. The number of carboxylic acid groups (broad SMARTS) is 2. The maximum atomic E-state index is 12.0. The summed E-state index contributed by atoms with van der Waals surface area (Å²) in [6, 6.07) is 40.1. The Hall–Kier alpha value is -6.84. The number of rotatable bonds is 6. The van der Waals surface area contributed by atoms with E-state index in [1.807, 2.05) is 109 Å². The molecule has 8 aromatic rings. The molecule has 8 rings (SSSR count). The van der Waals surface area contributed by atoms with Crippen molar-refractivity contribution in [3.05, 3.63) is 157 Å². The first-order chi connectivity index (χ1) is 25.3. The fourth-order valence-electron chi connectivity index (χ4n) is 5.97. The van der Waals surface area contributed by atoms with Crippen LogP contribution in [0.1, 0.15) is 21.0 Å². The number of phenolic OH excluding ortho intramolecular Hbond substituents is 2. The van der Waals surface area contributed by atoms with Crippen LogP contribution in [0.3, 0.4) is 0 Å². The smallest absolute Gasteiger partial charge is 0.543 e. The predicted octanol–water partition coefficient (Wildman–Crippen LogP) is 6.06. The van der Waals surface area contributed by atoms with Crippen molar-refractivity contribution in [3.63, 3.8) is 0 Å². The maximum Gasteiger partial charge on any atom is 2.00 e. The number of aromatic hydroxyl groups is 2. The van der Waals surface area contributed by atoms with E-state index in [-0.39, 0.29) is 31.0 Å². The van der Waals surface area contributed by atoms with Crippen molar-refractivity contribution in [2.24, 2.45) is 0 Å². The first-order valence-electron chi connectivity index (χ1n) is 16.0. The van der Waals surface area contributed by atoms with Crippen LogP contribution in [-0.2, 0) is 19.5 Å². The number of carboxylic acids is 2. The minimum absolute atomic E-state index is 0. The van der Waals surface area contributed by atoms with Gasteiger partial charge in [0.1, 0.15) is 11.5 Å². The fourth-order valence-corrected chi connectivity index (χ4v) is 5.97. The number of aromatic nitrogens is 4. The molecule has 0 fully saturated rings. The van der Waals surface area contributed by atoms with E-state index in [9.17, 15) is 30.0 Å². The first kappa shape index (κ1) is 36.0. The fraction of sp³-hybridized carbons (Fsp3) is 0. The summed E-state index contributed by atoms with van der Waals surface area (Å²) in [4.78, 5) is 37.6. The Kier molecular flexibility index (Phi) is 10.6. The number of pyridine rings is 4. The third-order valence-corrected chi connectivity index (χ3v) is 8.34. The van der Waals surface area contributed by atoms with Crippen LogP contribution in [0.4, 0.5) is 0 Å². The summed E-state index contributed by atoms with van der Waals surface area (Å²) in [7, 11) is 0.